The summed E-state index contributed by atoms with van der Waals surface area (Å²) in [5.41, 5.74) is 0.905. The van der Waals surface area contributed by atoms with E-state index in [9.17, 15) is 4.39 Å². The van der Waals surface area contributed by atoms with Crippen LogP contribution < -0.4 is 9.80 Å². The molecule has 7 nitrogen and oxygen atoms in total. The van der Waals surface area contributed by atoms with Crippen molar-refractivity contribution in [3.8, 4) is 0 Å². The highest BCUT2D eigenvalue weighted by Crippen LogP contribution is 2.20. The minimum atomic E-state index is -0.419. The lowest BCUT2D eigenvalue weighted by Gasteiger charge is -2.28. The van der Waals surface area contributed by atoms with Crippen LogP contribution in [0.4, 0.5) is 16.2 Å². The van der Waals surface area contributed by atoms with E-state index < -0.39 is 5.82 Å². The third-order valence-corrected chi connectivity index (χ3v) is 3.73. The Kier molecular flexibility index (Phi) is 4.71. The Morgan fingerprint density at radius 3 is 2.83 bits per heavy atom. The first-order valence-corrected chi connectivity index (χ1v) is 7.68. The molecule has 0 unspecified atom stereocenters. The van der Waals surface area contributed by atoms with Crippen molar-refractivity contribution in [2.24, 2.45) is 0 Å². The summed E-state index contributed by atoms with van der Waals surface area (Å²) in [5.74, 6) is 1.07. The Bertz CT molecular complexity index is 657. The molecule has 0 radical (unpaired) electrons. The molecular weight excluding hydrogens is 301 g/mol. The largest absolute Gasteiger partial charge is 0.378 e. The van der Waals surface area contributed by atoms with Crippen molar-refractivity contribution in [1.82, 2.24) is 15.1 Å². The van der Waals surface area contributed by atoms with Gasteiger partial charge in [0.25, 0.3) is 0 Å². The zero-order valence-electron chi connectivity index (χ0n) is 13.3. The molecule has 1 aliphatic heterocycles. The van der Waals surface area contributed by atoms with E-state index >= 15 is 0 Å². The van der Waals surface area contributed by atoms with Crippen LogP contribution in [-0.2, 0) is 17.7 Å². The van der Waals surface area contributed by atoms with E-state index in [2.05, 4.69) is 15.1 Å². The lowest BCUT2D eigenvalue weighted by molar-refractivity contribution is 0.122. The molecule has 0 aliphatic carbocycles. The summed E-state index contributed by atoms with van der Waals surface area (Å²) in [6, 6.07) is 1.91. The van der Waals surface area contributed by atoms with Crippen LogP contribution in [0.3, 0.4) is 0 Å². The molecule has 3 rings (SSSR count). The average Bonchev–Trinajstić information content (AvgIpc) is 3.03. The van der Waals surface area contributed by atoms with Crippen LogP contribution in [0.1, 0.15) is 18.4 Å². The molecule has 1 fully saturated rings. The zero-order valence-corrected chi connectivity index (χ0v) is 13.3. The molecule has 23 heavy (non-hydrogen) atoms. The van der Waals surface area contributed by atoms with Gasteiger partial charge in [-0.05, 0) is 6.42 Å². The summed E-state index contributed by atoms with van der Waals surface area (Å²) in [6.07, 6.45) is 2.03. The van der Waals surface area contributed by atoms with Gasteiger partial charge in [0.05, 0.1) is 31.6 Å². The number of anilines is 2. The lowest BCUT2D eigenvalue weighted by atomic mass is 10.3. The number of aryl methyl sites for hydroxylation is 1. The van der Waals surface area contributed by atoms with Gasteiger partial charge in [-0.2, -0.15) is 4.98 Å². The Morgan fingerprint density at radius 1 is 1.35 bits per heavy atom. The van der Waals surface area contributed by atoms with Gasteiger partial charge >= 0.3 is 0 Å². The molecule has 0 aromatic carbocycles. The molecule has 1 saturated heterocycles. The molecule has 2 aromatic heterocycles. The molecule has 0 N–H and O–H groups in total. The number of morpholine rings is 1. The minimum Gasteiger partial charge on any atom is -0.378 e. The highest BCUT2D eigenvalue weighted by Gasteiger charge is 2.19. The van der Waals surface area contributed by atoms with Gasteiger partial charge in [0.2, 0.25) is 5.95 Å². The number of halogens is 1. The van der Waals surface area contributed by atoms with Crippen LogP contribution in [0.15, 0.2) is 16.8 Å². The number of aromatic nitrogens is 3. The topological polar surface area (TPSA) is 67.5 Å². The van der Waals surface area contributed by atoms with Gasteiger partial charge in [0, 0.05) is 26.2 Å². The molecule has 3 heterocycles. The minimum absolute atomic E-state index is 0.317. The summed E-state index contributed by atoms with van der Waals surface area (Å²) < 4.78 is 24.6. The predicted octanol–water partition coefficient (Wildman–Crippen LogP) is 1.64. The third kappa shape index (κ3) is 3.58. The van der Waals surface area contributed by atoms with Crippen LogP contribution in [0.5, 0.6) is 0 Å². The van der Waals surface area contributed by atoms with Crippen LogP contribution in [-0.4, -0.2) is 48.5 Å². The molecular formula is C15H20FN5O2. The Labute approximate surface area is 134 Å². The maximum absolute atomic E-state index is 14.0. The second kappa shape index (κ2) is 6.91. The van der Waals surface area contributed by atoms with Gasteiger partial charge in [-0.25, -0.2) is 9.37 Å². The van der Waals surface area contributed by atoms with Gasteiger partial charge in [0.15, 0.2) is 17.4 Å². The van der Waals surface area contributed by atoms with Gasteiger partial charge in [-0.15, -0.1) is 0 Å². The van der Waals surface area contributed by atoms with Crippen molar-refractivity contribution in [3.63, 3.8) is 0 Å². The molecule has 0 amide bonds. The fraction of sp³-hybridized carbons (Fsp3) is 0.533. The Morgan fingerprint density at radius 2 is 2.13 bits per heavy atom. The summed E-state index contributed by atoms with van der Waals surface area (Å²) >= 11 is 0. The monoisotopic (exact) mass is 321 g/mol. The molecule has 0 atom stereocenters. The van der Waals surface area contributed by atoms with E-state index in [1.54, 1.807) is 0 Å². The molecule has 2 aromatic rings. The summed E-state index contributed by atoms with van der Waals surface area (Å²) in [6.45, 7) is 4.89. The van der Waals surface area contributed by atoms with Crippen molar-refractivity contribution >= 4 is 11.8 Å². The van der Waals surface area contributed by atoms with Gasteiger partial charge in [-0.3, -0.25) is 0 Å². The smallest absolute Gasteiger partial charge is 0.227 e. The predicted molar refractivity (Wildman–Crippen MR) is 83.0 cm³/mol. The number of nitrogens with zero attached hydrogens (tertiary/aromatic N) is 5. The molecule has 8 heteroatoms. The normalized spacial score (nSPS) is 15.0. The van der Waals surface area contributed by atoms with Crippen molar-refractivity contribution in [2.75, 3.05) is 43.2 Å². The second-order valence-corrected chi connectivity index (χ2v) is 5.44. The lowest BCUT2D eigenvalue weighted by Crippen LogP contribution is -2.37. The highest BCUT2D eigenvalue weighted by molar-refractivity contribution is 5.45. The van der Waals surface area contributed by atoms with E-state index in [1.165, 1.54) is 6.20 Å². The Balaban J connectivity index is 1.76. The first-order valence-electron chi connectivity index (χ1n) is 7.68. The van der Waals surface area contributed by atoms with Crippen molar-refractivity contribution in [2.45, 2.75) is 19.9 Å². The van der Waals surface area contributed by atoms with E-state index in [0.29, 0.717) is 44.6 Å². The maximum atomic E-state index is 14.0. The molecule has 0 bridgehead atoms. The summed E-state index contributed by atoms with van der Waals surface area (Å²) in [4.78, 5) is 12.1. The van der Waals surface area contributed by atoms with Gasteiger partial charge < -0.3 is 19.1 Å². The number of ether oxygens (including phenoxy) is 1. The highest BCUT2D eigenvalue weighted by atomic mass is 19.1. The van der Waals surface area contributed by atoms with Crippen molar-refractivity contribution < 1.29 is 13.7 Å². The summed E-state index contributed by atoms with van der Waals surface area (Å²) in [7, 11) is 1.84. The molecule has 1 aliphatic rings. The fourth-order valence-corrected chi connectivity index (χ4v) is 2.43. The van der Waals surface area contributed by atoms with Crippen LogP contribution in [0.25, 0.3) is 0 Å². The molecule has 0 saturated carbocycles. The maximum Gasteiger partial charge on any atom is 0.227 e. The first kappa shape index (κ1) is 15.7. The average molecular weight is 321 g/mol. The summed E-state index contributed by atoms with van der Waals surface area (Å²) in [5, 5.41) is 3.96. The van der Waals surface area contributed by atoms with Gasteiger partial charge in [0.1, 0.15) is 0 Å². The van der Waals surface area contributed by atoms with Gasteiger partial charge in [-0.1, -0.05) is 12.1 Å². The van der Waals surface area contributed by atoms with Crippen LogP contribution in [0.2, 0.25) is 0 Å². The standard InChI is InChI=1S/C15H20FN5O2/c1-3-11-8-12(23-19-11)10-20(2)15-17-9-13(16)14(18-15)21-4-6-22-7-5-21/h8-9H,3-7,10H2,1-2H3. The van der Waals surface area contributed by atoms with Crippen LogP contribution >= 0.6 is 0 Å². The van der Waals surface area contributed by atoms with Crippen molar-refractivity contribution in [1.29, 1.82) is 0 Å². The second-order valence-electron chi connectivity index (χ2n) is 5.44. The number of hydrogen-bond acceptors (Lipinski definition) is 7. The van der Waals surface area contributed by atoms with E-state index in [0.717, 1.165) is 17.9 Å². The number of rotatable bonds is 5. The Hall–Kier alpha value is -2.22. The zero-order chi connectivity index (χ0) is 16.2. The van der Waals surface area contributed by atoms with E-state index in [1.807, 2.05) is 29.8 Å². The molecule has 0 spiro atoms. The van der Waals surface area contributed by atoms with Crippen molar-refractivity contribution in [3.05, 3.63) is 29.5 Å². The third-order valence-electron chi connectivity index (χ3n) is 3.73. The van der Waals surface area contributed by atoms with E-state index in [4.69, 9.17) is 9.26 Å². The van der Waals surface area contributed by atoms with E-state index in [-0.39, 0.29) is 0 Å². The fourth-order valence-electron chi connectivity index (χ4n) is 2.43. The first-order chi connectivity index (χ1) is 11.2. The SMILES string of the molecule is CCc1cc(CN(C)c2ncc(F)c(N3CCOCC3)n2)on1. The number of hydrogen-bond donors (Lipinski definition) is 0. The molecule has 124 valence electrons. The quantitative estimate of drug-likeness (QED) is 0.829. The van der Waals surface area contributed by atoms with Crippen LogP contribution in [0, 0.1) is 5.82 Å².